The summed E-state index contributed by atoms with van der Waals surface area (Å²) in [5, 5.41) is 0. The van der Waals surface area contributed by atoms with E-state index in [2.05, 4.69) is 32.9 Å². The summed E-state index contributed by atoms with van der Waals surface area (Å²) in [7, 11) is 0. The molecule has 0 aliphatic carbocycles. The Bertz CT molecular complexity index is 993. The van der Waals surface area contributed by atoms with Crippen molar-refractivity contribution in [2.75, 3.05) is 13.2 Å². The third-order valence-corrected chi connectivity index (χ3v) is 13.0. The molecule has 0 rings (SSSR count). The largest absolute Gasteiger partial charge is 0.462 e. The zero-order valence-corrected chi connectivity index (χ0v) is 43.3. The second kappa shape index (κ2) is 53.8. The van der Waals surface area contributed by atoms with Crippen LogP contribution in [-0.2, 0) is 28.6 Å². The lowest BCUT2D eigenvalue weighted by atomic mass is 10.0. The standard InChI is InChI=1S/C58H110O6/c1-4-7-10-13-16-19-22-25-27-28-29-31-33-36-39-42-45-48-51-57(60)63-54-55(53-62-56(59)50-47-44-41-38-35-32-24-21-18-15-12-9-6-3)64-58(61)52-49-46-43-40-37-34-30-26-23-20-17-14-11-8-5-2/h32,35,55H,4-31,33-34,36-54H2,1-3H3/b35-32-. The molecular formula is C58H110O6. The molecule has 0 amide bonds. The van der Waals surface area contributed by atoms with Crippen LogP contribution in [0.15, 0.2) is 12.2 Å². The van der Waals surface area contributed by atoms with E-state index in [1.165, 1.54) is 218 Å². The van der Waals surface area contributed by atoms with E-state index in [0.717, 1.165) is 64.2 Å². The second-order valence-corrected chi connectivity index (χ2v) is 19.6. The normalized spacial score (nSPS) is 12.0. The lowest BCUT2D eigenvalue weighted by Crippen LogP contribution is -2.30. The van der Waals surface area contributed by atoms with Crippen LogP contribution in [0.3, 0.4) is 0 Å². The fourth-order valence-electron chi connectivity index (χ4n) is 8.68. The fraction of sp³-hybridized carbons (Fsp3) is 0.914. The van der Waals surface area contributed by atoms with Crippen molar-refractivity contribution in [1.82, 2.24) is 0 Å². The smallest absolute Gasteiger partial charge is 0.306 e. The number of rotatable bonds is 53. The number of carbonyl (C=O) groups is 3. The molecule has 6 nitrogen and oxygen atoms in total. The van der Waals surface area contributed by atoms with Crippen LogP contribution in [0.25, 0.3) is 0 Å². The Morgan fingerprint density at radius 2 is 0.516 bits per heavy atom. The summed E-state index contributed by atoms with van der Waals surface area (Å²) in [5.41, 5.74) is 0. The number of allylic oxidation sites excluding steroid dienone is 2. The van der Waals surface area contributed by atoms with E-state index in [1.54, 1.807) is 0 Å². The molecule has 0 saturated heterocycles. The fourth-order valence-corrected chi connectivity index (χ4v) is 8.68. The average Bonchev–Trinajstić information content (AvgIpc) is 3.29. The molecule has 1 unspecified atom stereocenters. The highest BCUT2D eigenvalue weighted by molar-refractivity contribution is 5.71. The number of hydrogen-bond donors (Lipinski definition) is 0. The summed E-state index contributed by atoms with van der Waals surface area (Å²) in [6, 6.07) is 0. The van der Waals surface area contributed by atoms with Crippen LogP contribution in [0.5, 0.6) is 0 Å². The average molecular weight is 904 g/mol. The number of carbonyl (C=O) groups excluding carboxylic acids is 3. The summed E-state index contributed by atoms with van der Waals surface area (Å²) in [6.07, 6.45) is 60.6. The van der Waals surface area contributed by atoms with Gasteiger partial charge in [0, 0.05) is 19.3 Å². The van der Waals surface area contributed by atoms with Crippen LogP contribution < -0.4 is 0 Å². The highest BCUT2D eigenvalue weighted by Crippen LogP contribution is 2.17. The molecule has 0 aliphatic heterocycles. The van der Waals surface area contributed by atoms with Gasteiger partial charge in [-0.3, -0.25) is 14.4 Å². The van der Waals surface area contributed by atoms with Crippen molar-refractivity contribution >= 4 is 17.9 Å². The maximum absolute atomic E-state index is 12.8. The van der Waals surface area contributed by atoms with Gasteiger partial charge in [-0.1, -0.05) is 270 Å². The first-order chi connectivity index (χ1) is 31.5. The topological polar surface area (TPSA) is 78.9 Å². The highest BCUT2D eigenvalue weighted by atomic mass is 16.6. The van der Waals surface area contributed by atoms with Gasteiger partial charge in [0.1, 0.15) is 13.2 Å². The summed E-state index contributed by atoms with van der Waals surface area (Å²) >= 11 is 0. The zero-order chi connectivity index (χ0) is 46.5. The molecule has 0 aliphatic rings. The van der Waals surface area contributed by atoms with Gasteiger partial charge in [0.05, 0.1) is 0 Å². The van der Waals surface area contributed by atoms with Crippen molar-refractivity contribution in [3.8, 4) is 0 Å². The number of ether oxygens (including phenoxy) is 3. The van der Waals surface area contributed by atoms with Crippen LogP contribution in [0.4, 0.5) is 0 Å². The van der Waals surface area contributed by atoms with E-state index < -0.39 is 6.10 Å². The van der Waals surface area contributed by atoms with Crippen molar-refractivity contribution < 1.29 is 28.6 Å². The Balaban J connectivity index is 4.30. The van der Waals surface area contributed by atoms with Crippen molar-refractivity contribution in [2.24, 2.45) is 0 Å². The van der Waals surface area contributed by atoms with E-state index in [1.807, 2.05) is 0 Å². The van der Waals surface area contributed by atoms with Crippen molar-refractivity contribution in [2.45, 2.75) is 329 Å². The first kappa shape index (κ1) is 62.1. The van der Waals surface area contributed by atoms with Crippen molar-refractivity contribution in [3.05, 3.63) is 12.2 Å². The first-order valence-electron chi connectivity index (χ1n) is 28.7. The monoisotopic (exact) mass is 903 g/mol. The Morgan fingerprint density at radius 3 is 0.797 bits per heavy atom. The predicted molar refractivity (Wildman–Crippen MR) is 275 cm³/mol. The van der Waals surface area contributed by atoms with Crippen molar-refractivity contribution in [1.29, 1.82) is 0 Å². The molecule has 6 heteroatoms. The Morgan fingerprint density at radius 1 is 0.297 bits per heavy atom. The molecule has 0 aromatic heterocycles. The van der Waals surface area contributed by atoms with Crippen LogP contribution in [0.1, 0.15) is 323 Å². The van der Waals surface area contributed by atoms with Crippen LogP contribution in [-0.4, -0.2) is 37.2 Å². The third-order valence-electron chi connectivity index (χ3n) is 13.0. The van der Waals surface area contributed by atoms with Gasteiger partial charge in [-0.05, 0) is 44.9 Å². The van der Waals surface area contributed by atoms with Gasteiger partial charge in [0.15, 0.2) is 6.10 Å². The highest BCUT2D eigenvalue weighted by Gasteiger charge is 2.19. The van der Waals surface area contributed by atoms with E-state index in [0.29, 0.717) is 19.3 Å². The molecule has 64 heavy (non-hydrogen) atoms. The molecule has 0 bridgehead atoms. The molecule has 0 aromatic carbocycles. The maximum Gasteiger partial charge on any atom is 0.306 e. The third kappa shape index (κ3) is 51.1. The van der Waals surface area contributed by atoms with Gasteiger partial charge < -0.3 is 14.2 Å². The number of esters is 3. The minimum atomic E-state index is -0.770. The molecule has 378 valence electrons. The van der Waals surface area contributed by atoms with Gasteiger partial charge in [0.2, 0.25) is 0 Å². The van der Waals surface area contributed by atoms with Crippen molar-refractivity contribution in [3.63, 3.8) is 0 Å². The summed E-state index contributed by atoms with van der Waals surface area (Å²) in [6.45, 7) is 6.67. The van der Waals surface area contributed by atoms with Gasteiger partial charge in [-0.25, -0.2) is 0 Å². The second-order valence-electron chi connectivity index (χ2n) is 19.6. The van der Waals surface area contributed by atoms with E-state index >= 15 is 0 Å². The quantitative estimate of drug-likeness (QED) is 0.0262. The number of hydrogen-bond acceptors (Lipinski definition) is 6. The minimum Gasteiger partial charge on any atom is -0.462 e. The lowest BCUT2D eigenvalue weighted by Gasteiger charge is -2.18. The minimum absolute atomic E-state index is 0.0686. The Hall–Kier alpha value is -1.85. The van der Waals surface area contributed by atoms with E-state index in [-0.39, 0.29) is 31.1 Å². The van der Waals surface area contributed by atoms with Gasteiger partial charge in [-0.2, -0.15) is 0 Å². The summed E-state index contributed by atoms with van der Waals surface area (Å²) in [5.74, 6) is -0.862. The van der Waals surface area contributed by atoms with Crippen LogP contribution >= 0.6 is 0 Å². The summed E-state index contributed by atoms with van der Waals surface area (Å²) < 4.78 is 16.9. The molecule has 0 radical (unpaired) electrons. The lowest BCUT2D eigenvalue weighted by molar-refractivity contribution is -0.167. The van der Waals surface area contributed by atoms with Crippen LogP contribution in [0.2, 0.25) is 0 Å². The molecule has 0 fully saturated rings. The molecule has 0 N–H and O–H groups in total. The Labute approximate surface area is 399 Å². The molecule has 0 aromatic rings. The van der Waals surface area contributed by atoms with Gasteiger partial charge >= 0.3 is 17.9 Å². The van der Waals surface area contributed by atoms with E-state index in [4.69, 9.17) is 14.2 Å². The Kier molecular flexibility index (Phi) is 52.2. The maximum atomic E-state index is 12.8. The first-order valence-corrected chi connectivity index (χ1v) is 28.7. The molecule has 0 saturated carbocycles. The summed E-state index contributed by atoms with van der Waals surface area (Å²) in [4.78, 5) is 38.1. The van der Waals surface area contributed by atoms with Gasteiger partial charge in [-0.15, -0.1) is 0 Å². The number of unbranched alkanes of at least 4 members (excludes halogenated alkanes) is 40. The van der Waals surface area contributed by atoms with Gasteiger partial charge in [0.25, 0.3) is 0 Å². The molecule has 1 atom stereocenters. The SMILES string of the molecule is CCCCCCCC/C=C\CCCCCC(=O)OCC(COC(=O)CCCCCCCCCCCCCCCCCCCC)OC(=O)CCCCCCCCCCCCCCCCC. The zero-order valence-electron chi connectivity index (χ0n) is 43.3. The van der Waals surface area contributed by atoms with Crippen LogP contribution in [0, 0.1) is 0 Å². The molecule has 0 spiro atoms. The predicted octanol–water partition coefficient (Wildman–Crippen LogP) is 18.9. The van der Waals surface area contributed by atoms with E-state index in [9.17, 15) is 14.4 Å². The molecule has 0 heterocycles. The molecular weight excluding hydrogens is 793 g/mol.